The van der Waals surface area contributed by atoms with Crippen molar-refractivity contribution < 1.29 is 28.2 Å². The second kappa shape index (κ2) is 8.79. The SMILES string of the molecule is O=C(O)c1cc(OCC(CS(=O)(=O)c2ccccc2)c2ccccc2)ccc1O. The lowest BCUT2D eigenvalue weighted by Gasteiger charge is -2.19. The Kier molecular flexibility index (Phi) is 6.19. The van der Waals surface area contributed by atoms with Gasteiger partial charge in [0.25, 0.3) is 0 Å². The Hall–Kier alpha value is -3.32. The van der Waals surface area contributed by atoms with E-state index in [4.69, 9.17) is 9.84 Å². The topological polar surface area (TPSA) is 101 Å². The van der Waals surface area contributed by atoms with Gasteiger partial charge in [-0.15, -0.1) is 0 Å². The summed E-state index contributed by atoms with van der Waals surface area (Å²) in [4.78, 5) is 11.4. The van der Waals surface area contributed by atoms with Gasteiger partial charge in [0.05, 0.1) is 17.3 Å². The van der Waals surface area contributed by atoms with E-state index in [9.17, 15) is 18.3 Å². The molecule has 7 heteroatoms. The van der Waals surface area contributed by atoms with Gasteiger partial charge in [-0.1, -0.05) is 48.5 Å². The number of phenols is 1. The summed E-state index contributed by atoms with van der Waals surface area (Å²) in [6, 6.07) is 21.2. The first-order valence-corrected chi connectivity index (χ1v) is 10.5. The normalized spacial score (nSPS) is 12.3. The van der Waals surface area contributed by atoms with E-state index in [0.29, 0.717) is 0 Å². The van der Waals surface area contributed by atoms with Crippen LogP contribution in [0.3, 0.4) is 0 Å². The van der Waals surface area contributed by atoms with Crippen molar-refractivity contribution in [1.82, 2.24) is 0 Å². The number of carbonyl (C=O) groups is 1. The van der Waals surface area contributed by atoms with Gasteiger partial charge in [0, 0.05) is 5.92 Å². The zero-order valence-electron chi connectivity index (χ0n) is 15.4. The molecular weight excluding hydrogens is 392 g/mol. The molecule has 150 valence electrons. The number of carboxylic acids is 1. The number of hydrogen-bond donors (Lipinski definition) is 2. The van der Waals surface area contributed by atoms with E-state index in [1.165, 1.54) is 18.2 Å². The zero-order chi connectivity index (χ0) is 20.9. The number of carboxylic acid groups (broad SMARTS) is 1. The minimum atomic E-state index is -3.55. The first kappa shape index (κ1) is 20.4. The first-order chi connectivity index (χ1) is 13.9. The van der Waals surface area contributed by atoms with Crippen LogP contribution in [0.25, 0.3) is 0 Å². The molecule has 0 bridgehead atoms. The number of rotatable bonds is 8. The van der Waals surface area contributed by atoms with Gasteiger partial charge in [0.1, 0.15) is 17.1 Å². The lowest BCUT2D eigenvalue weighted by molar-refractivity contribution is 0.0693. The third-order valence-corrected chi connectivity index (χ3v) is 6.28. The molecule has 0 heterocycles. The minimum absolute atomic E-state index is 0.0277. The van der Waals surface area contributed by atoms with Gasteiger partial charge < -0.3 is 14.9 Å². The fraction of sp³-hybridized carbons (Fsp3) is 0.136. The van der Waals surface area contributed by atoms with Crippen LogP contribution in [0, 0.1) is 0 Å². The van der Waals surface area contributed by atoms with Crippen LogP contribution in [-0.2, 0) is 9.84 Å². The first-order valence-electron chi connectivity index (χ1n) is 8.88. The maximum Gasteiger partial charge on any atom is 0.339 e. The van der Waals surface area contributed by atoms with Crippen molar-refractivity contribution in [1.29, 1.82) is 0 Å². The Balaban J connectivity index is 1.84. The fourth-order valence-corrected chi connectivity index (χ4v) is 4.51. The summed E-state index contributed by atoms with van der Waals surface area (Å²) in [5.41, 5.74) is 0.514. The van der Waals surface area contributed by atoms with E-state index in [1.807, 2.05) is 30.3 Å². The van der Waals surface area contributed by atoms with Crippen molar-refractivity contribution in [3.05, 3.63) is 90.0 Å². The summed E-state index contributed by atoms with van der Waals surface area (Å²) in [7, 11) is -3.55. The van der Waals surface area contributed by atoms with E-state index in [2.05, 4.69) is 0 Å². The van der Waals surface area contributed by atoms with E-state index in [-0.39, 0.29) is 34.3 Å². The maximum atomic E-state index is 12.8. The summed E-state index contributed by atoms with van der Waals surface area (Å²) in [6.45, 7) is 0.0277. The van der Waals surface area contributed by atoms with Crippen LogP contribution in [0.2, 0.25) is 0 Å². The molecule has 0 aliphatic carbocycles. The molecule has 0 saturated carbocycles. The highest BCUT2D eigenvalue weighted by atomic mass is 32.2. The van der Waals surface area contributed by atoms with Gasteiger partial charge in [-0.3, -0.25) is 0 Å². The molecule has 1 unspecified atom stereocenters. The van der Waals surface area contributed by atoms with Crippen LogP contribution in [0.15, 0.2) is 83.8 Å². The summed E-state index contributed by atoms with van der Waals surface area (Å²) < 4.78 is 31.4. The number of aromatic hydroxyl groups is 1. The van der Waals surface area contributed by atoms with Crippen molar-refractivity contribution in [3.8, 4) is 11.5 Å². The lowest BCUT2D eigenvalue weighted by Crippen LogP contribution is -2.21. The summed E-state index contributed by atoms with van der Waals surface area (Å²) in [6.07, 6.45) is 0. The average Bonchev–Trinajstić information content (AvgIpc) is 2.73. The monoisotopic (exact) mass is 412 g/mol. The maximum absolute atomic E-state index is 12.8. The average molecular weight is 412 g/mol. The molecule has 0 aromatic heterocycles. The number of benzene rings is 3. The number of hydrogen-bond acceptors (Lipinski definition) is 5. The molecule has 0 saturated heterocycles. The summed E-state index contributed by atoms with van der Waals surface area (Å²) in [5, 5.41) is 18.8. The minimum Gasteiger partial charge on any atom is -0.507 e. The predicted octanol–water partition coefficient (Wildman–Crippen LogP) is 3.73. The van der Waals surface area contributed by atoms with Crippen LogP contribution in [0.4, 0.5) is 0 Å². The van der Waals surface area contributed by atoms with Crippen LogP contribution in [-0.4, -0.2) is 37.0 Å². The number of ether oxygens (including phenoxy) is 1. The molecule has 29 heavy (non-hydrogen) atoms. The highest BCUT2D eigenvalue weighted by Crippen LogP contribution is 2.26. The van der Waals surface area contributed by atoms with Crippen LogP contribution in [0.1, 0.15) is 21.8 Å². The molecule has 6 nitrogen and oxygen atoms in total. The van der Waals surface area contributed by atoms with Crippen LogP contribution >= 0.6 is 0 Å². The zero-order valence-corrected chi connectivity index (χ0v) is 16.2. The molecular formula is C22H20O6S. The second-order valence-corrected chi connectivity index (χ2v) is 8.53. The van der Waals surface area contributed by atoms with Crippen LogP contribution < -0.4 is 4.74 Å². The predicted molar refractivity (Wildman–Crippen MR) is 108 cm³/mol. The van der Waals surface area contributed by atoms with Crippen molar-refractivity contribution in [2.45, 2.75) is 10.8 Å². The highest BCUT2D eigenvalue weighted by molar-refractivity contribution is 7.91. The largest absolute Gasteiger partial charge is 0.507 e. The van der Waals surface area contributed by atoms with E-state index in [0.717, 1.165) is 5.56 Å². The van der Waals surface area contributed by atoms with Gasteiger partial charge in [0.2, 0.25) is 0 Å². The molecule has 0 spiro atoms. The molecule has 0 aliphatic heterocycles. The number of aromatic carboxylic acids is 1. The molecule has 0 radical (unpaired) electrons. The molecule has 0 fully saturated rings. The van der Waals surface area contributed by atoms with Gasteiger partial charge in [-0.05, 0) is 35.9 Å². The van der Waals surface area contributed by atoms with Crippen molar-refractivity contribution in [3.63, 3.8) is 0 Å². The summed E-state index contributed by atoms with van der Waals surface area (Å²) >= 11 is 0. The van der Waals surface area contributed by atoms with E-state index >= 15 is 0 Å². The summed E-state index contributed by atoms with van der Waals surface area (Å²) in [5.74, 6) is -2.04. The van der Waals surface area contributed by atoms with Gasteiger partial charge in [-0.2, -0.15) is 0 Å². The molecule has 3 rings (SSSR count). The Bertz CT molecular complexity index is 1080. The van der Waals surface area contributed by atoms with E-state index < -0.39 is 21.7 Å². The molecule has 3 aromatic carbocycles. The molecule has 2 N–H and O–H groups in total. The van der Waals surface area contributed by atoms with E-state index in [1.54, 1.807) is 30.3 Å². The Labute approximate surface area is 168 Å². The van der Waals surface area contributed by atoms with Gasteiger partial charge in [-0.25, -0.2) is 13.2 Å². The third-order valence-electron chi connectivity index (χ3n) is 4.44. The molecule has 1 atom stereocenters. The van der Waals surface area contributed by atoms with Gasteiger partial charge in [0.15, 0.2) is 9.84 Å². The molecule has 0 aliphatic rings. The van der Waals surface area contributed by atoms with Crippen molar-refractivity contribution in [2.24, 2.45) is 0 Å². The smallest absolute Gasteiger partial charge is 0.339 e. The lowest BCUT2D eigenvalue weighted by atomic mass is 10.0. The quantitative estimate of drug-likeness (QED) is 0.585. The fourth-order valence-electron chi connectivity index (χ4n) is 2.93. The van der Waals surface area contributed by atoms with Gasteiger partial charge >= 0.3 is 5.97 Å². The Morgan fingerprint density at radius 2 is 1.55 bits per heavy atom. The Morgan fingerprint density at radius 3 is 2.17 bits per heavy atom. The van der Waals surface area contributed by atoms with Crippen molar-refractivity contribution >= 4 is 15.8 Å². The Morgan fingerprint density at radius 1 is 0.931 bits per heavy atom. The molecule has 3 aromatic rings. The number of sulfone groups is 1. The standard InChI is InChI=1S/C22H20O6S/c23-21-12-11-18(13-20(21)22(24)25)28-14-17(16-7-3-1-4-8-16)15-29(26,27)19-9-5-2-6-10-19/h1-13,17,23H,14-15H2,(H,24,25). The van der Waals surface area contributed by atoms with Crippen LogP contribution in [0.5, 0.6) is 11.5 Å². The second-order valence-electron chi connectivity index (χ2n) is 6.50. The highest BCUT2D eigenvalue weighted by Gasteiger charge is 2.23. The van der Waals surface area contributed by atoms with Crippen molar-refractivity contribution in [2.75, 3.05) is 12.4 Å². The molecule has 0 amide bonds. The third kappa shape index (κ3) is 5.14.